The van der Waals surface area contributed by atoms with E-state index < -0.39 is 17.0 Å². The molecule has 1 atom stereocenters. The van der Waals surface area contributed by atoms with E-state index in [-0.39, 0.29) is 29.7 Å². The van der Waals surface area contributed by atoms with Crippen LogP contribution in [0.15, 0.2) is 36.4 Å². The third-order valence-electron chi connectivity index (χ3n) is 6.57. The van der Waals surface area contributed by atoms with Gasteiger partial charge in [0.25, 0.3) is 5.91 Å². The molecular weight excluding hydrogens is 563 g/mol. The molecule has 2 aromatic carbocycles. The lowest BCUT2D eigenvalue weighted by Gasteiger charge is -2.32. The zero-order valence-corrected chi connectivity index (χ0v) is 27.1. The fourth-order valence-electron chi connectivity index (χ4n) is 3.90. The van der Waals surface area contributed by atoms with Gasteiger partial charge in [-0.1, -0.05) is 26.8 Å². The maximum atomic E-state index is 12.9. The number of nitrogens with two attached hydrogens (primary N) is 2. The van der Waals surface area contributed by atoms with E-state index >= 15 is 0 Å². The summed E-state index contributed by atoms with van der Waals surface area (Å²) in [6.07, 6.45) is 1.20. The van der Waals surface area contributed by atoms with Crippen molar-refractivity contribution in [2.24, 2.45) is 17.4 Å². The van der Waals surface area contributed by atoms with E-state index in [1.54, 1.807) is 12.1 Å². The number of carbonyl (C=O) groups is 1. The third-order valence-corrected chi connectivity index (χ3v) is 6.57. The number of rotatable bonds is 10. The molecule has 3 aromatic rings. The molecule has 1 saturated heterocycles. The number of carbonyl (C=O) groups excluding carboxylic acids is 1. The van der Waals surface area contributed by atoms with Crippen molar-refractivity contribution >= 4 is 16.9 Å². The van der Waals surface area contributed by atoms with Gasteiger partial charge in [0.2, 0.25) is 0 Å². The lowest BCUT2D eigenvalue weighted by atomic mass is 10.0. The first-order valence-electron chi connectivity index (χ1n) is 14.9. The van der Waals surface area contributed by atoms with E-state index in [2.05, 4.69) is 35.6 Å². The van der Waals surface area contributed by atoms with Gasteiger partial charge in [-0.3, -0.25) is 4.79 Å². The largest absolute Gasteiger partial charge is 0.392 e. The van der Waals surface area contributed by atoms with Crippen molar-refractivity contribution in [2.45, 2.75) is 91.8 Å². The van der Waals surface area contributed by atoms with Crippen molar-refractivity contribution in [3.05, 3.63) is 64.7 Å². The summed E-state index contributed by atoms with van der Waals surface area (Å²) in [4.78, 5) is 17.5. The standard InChI is InChI=1S/C21H33N5O3.C8H6FNO.C4H10/c1-20(2,13-29-21(3,4)12-23)25-19(27)14-5-6-16-17(9-14)26(18(10-22)24-16)11-15-7-8-28-15;9-8-3-6(4-10)1-2-7(8)5-11;1-4(2)3/h5-6,9,15H,7-8,10-13,22-23H2,1-4H3,(H,25,27);1-3,11H,5H2;4H,1-3H3. The van der Waals surface area contributed by atoms with Crippen LogP contribution in [0.4, 0.5) is 4.39 Å². The second kappa shape index (κ2) is 16.6. The lowest BCUT2D eigenvalue weighted by Crippen LogP contribution is -2.49. The van der Waals surface area contributed by atoms with Gasteiger partial charge in [0, 0.05) is 24.3 Å². The number of aliphatic hydroxyl groups is 1. The van der Waals surface area contributed by atoms with Gasteiger partial charge < -0.3 is 35.9 Å². The molecule has 1 aromatic heterocycles. The van der Waals surface area contributed by atoms with Crippen LogP contribution < -0.4 is 16.8 Å². The maximum Gasteiger partial charge on any atom is 0.251 e. The molecule has 0 radical (unpaired) electrons. The summed E-state index contributed by atoms with van der Waals surface area (Å²) in [6, 6.07) is 11.3. The monoisotopic (exact) mass is 612 g/mol. The predicted molar refractivity (Wildman–Crippen MR) is 170 cm³/mol. The van der Waals surface area contributed by atoms with Crippen LogP contribution in [0.5, 0.6) is 0 Å². The molecule has 11 heteroatoms. The fraction of sp³-hybridized carbons (Fsp3) is 0.545. The number of fused-ring (bicyclic) bond motifs is 1. The highest BCUT2D eigenvalue weighted by atomic mass is 19.1. The molecule has 4 rings (SSSR count). The molecule has 44 heavy (non-hydrogen) atoms. The van der Waals surface area contributed by atoms with Gasteiger partial charge in [0.1, 0.15) is 11.6 Å². The first kappa shape index (κ1) is 36.8. The molecule has 0 saturated carbocycles. The molecule has 0 spiro atoms. The van der Waals surface area contributed by atoms with Crippen LogP contribution in [-0.2, 0) is 29.2 Å². The van der Waals surface area contributed by atoms with E-state index in [0.717, 1.165) is 41.9 Å². The number of aromatic nitrogens is 2. The molecule has 0 aliphatic carbocycles. The number of hydrogen-bond donors (Lipinski definition) is 4. The van der Waals surface area contributed by atoms with E-state index in [9.17, 15) is 9.18 Å². The van der Waals surface area contributed by atoms with Gasteiger partial charge in [-0.05, 0) is 70.4 Å². The summed E-state index contributed by atoms with van der Waals surface area (Å²) in [6.45, 7) is 16.5. The van der Waals surface area contributed by atoms with Crippen molar-refractivity contribution in [2.75, 3.05) is 19.8 Å². The van der Waals surface area contributed by atoms with Crippen LogP contribution in [0, 0.1) is 23.1 Å². The smallest absolute Gasteiger partial charge is 0.251 e. The van der Waals surface area contributed by atoms with Gasteiger partial charge in [-0.2, -0.15) is 5.26 Å². The van der Waals surface area contributed by atoms with Crippen molar-refractivity contribution in [3.63, 3.8) is 0 Å². The highest BCUT2D eigenvalue weighted by Crippen LogP contribution is 2.23. The number of nitrogens with zero attached hydrogens (tertiary/aromatic N) is 3. The zero-order chi connectivity index (χ0) is 33.1. The summed E-state index contributed by atoms with van der Waals surface area (Å²) in [5.74, 6) is 0.936. The Balaban J connectivity index is 0.000000371. The van der Waals surface area contributed by atoms with Gasteiger partial charge in [0.15, 0.2) is 0 Å². The molecule has 2 heterocycles. The number of hydrogen-bond acceptors (Lipinski definition) is 8. The topological polar surface area (TPSA) is 161 Å². The Morgan fingerprint density at radius 3 is 2.39 bits per heavy atom. The number of halogens is 1. The fourth-order valence-corrected chi connectivity index (χ4v) is 3.90. The molecule has 1 fully saturated rings. The maximum absolute atomic E-state index is 12.9. The second-order valence-corrected chi connectivity index (χ2v) is 12.7. The summed E-state index contributed by atoms with van der Waals surface area (Å²) in [7, 11) is 0. The Morgan fingerprint density at radius 2 is 1.89 bits per heavy atom. The highest BCUT2D eigenvalue weighted by molar-refractivity contribution is 5.97. The molecule has 1 aliphatic rings. The Morgan fingerprint density at radius 1 is 1.23 bits per heavy atom. The molecule has 1 unspecified atom stereocenters. The zero-order valence-electron chi connectivity index (χ0n) is 27.1. The summed E-state index contributed by atoms with van der Waals surface area (Å²) < 4.78 is 26.2. The minimum absolute atomic E-state index is 0.159. The number of ether oxygens (including phenoxy) is 2. The van der Waals surface area contributed by atoms with Gasteiger partial charge in [0.05, 0.1) is 66.2 Å². The van der Waals surface area contributed by atoms with Crippen LogP contribution in [0.2, 0.25) is 0 Å². The number of imidazole rings is 1. The number of benzene rings is 2. The van der Waals surface area contributed by atoms with Crippen molar-refractivity contribution in [1.29, 1.82) is 5.26 Å². The lowest BCUT2D eigenvalue weighted by molar-refractivity contribution is -0.0590. The first-order valence-corrected chi connectivity index (χ1v) is 14.9. The minimum atomic E-state index is -0.541. The minimum Gasteiger partial charge on any atom is -0.392 e. The molecule has 1 amide bonds. The van der Waals surface area contributed by atoms with Crippen molar-refractivity contribution in [3.8, 4) is 6.07 Å². The number of aliphatic hydroxyl groups excluding tert-OH is 1. The average Bonchev–Trinajstić information content (AvgIpc) is 3.30. The quantitative estimate of drug-likeness (QED) is 0.262. The number of nitrogens with one attached hydrogen (secondary N) is 1. The van der Waals surface area contributed by atoms with Crippen molar-refractivity contribution in [1.82, 2.24) is 14.9 Å². The molecule has 242 valence electrons. The summed E-state index contributed by atoms with van der Waals surface area (Å²) >= 11 is 0. The van der Waals surface area contributed by atoms with E-state index in [4.69, 9.17) is 31.3 Å². The Labute approximate surface area is 260 Å². The van der Waals surface area contributed by atoms with Crippen LogP contribution in [0.1, 0.15) is 82.2 Å². The summed E-state index contributed by atoms with van der Waals surface area (Å²) in [5.41, 5.74) is 13.4. The molecule has 0 bridgehead atoms. The molecule has 10 nitrogen and oxygen atoms in total. The van der Waals surface area contributed by atoms with Gasteiger partial charge in [-0.25, -0.2) is 9.37 Å². The van der Waals surface area contributed by atoms with Crippen molar-refractivity contribution < 1.29 is 23.8 Å². The average molecular weight is 613 g/mol. The predicted octanol–water partition coefficient (Wildman–Crippen LogP) is 4.40. The highest BCUT2D eigenvalue weighted by Gasteiger charge is 2.27. The Hall–Kier alpha value is -3.40. The number of amides is 1. The SMILES string of the molecule is CC(C)(COC(C)(C)CN)NC(=O)c1ccc2nc(CN)n(CC3CCO3)c2c1.CC(C)C.N#Cc1ccc(CO)c(F)c1. The van der Waals surface area contributed by atoms with E-state index in [1.165, 1.54) is 12.1 Å². The molecular formula is C33H49FN6O4. The van der Waals surface area contributed by atoms with E-state index in [1.807, 2.05) is 39.8 Å². The summed E-state index contributed by atoms with van der Waals surface area (Å²) in [5, 5.41) is 20.0. The van der Waals surface area contributed by atoms with Crippen LogP contribution in [0.25, 0.3) is 11.0 Å². The van der Waals surface area contributed by atoms with Crippen LogP contribution in [-0.4, -0.2) is 57.6 Å². The first-order chi connectivity index (χ1) is 20.6. The van der Waals surface area contributed by atoms with Crippen LogP contribution >= 0.6 is 0 Å². The Bertz CT molecular complexity index is 1410. The number of nitriles is 1. The second-order valence-electron chi connectivity index (χ2n) is 12.7. The molecule has 1 aliphatic heterocycles. The van der Waals surface area contributed by atoms with Gasteiger partial charge >= 0.3 is 0 Å². The van der Waals surface area contributed by atoms with Gasteiger partial charge in [-0.15, -0.1) is 0 Å². The van der Waals surface area contributed by atoms with Crippen LogP contribution in [0.3, 0.4) is 0 Å². The van der Waals surface area contributed by atoms with E-state index in [0.29, 0.717) is 31.8 Å². The normalized spacial score (nSPS) is 14.6. The molecule has 6 N–H and O–H groups in total. The third kappa shape index (κ3) is 11.3. The Kier molecular flexibility index (Phi) is 13.9.